The van der Waals surface area contributed by atoms with Crippen molar-refractivity contribution in [2.24, 2.45) is 4.99 Å². The van der Waals surface area contributed by atoms with Gasteiger partial charge >= 0.3 is 0 Å². The maximum absolute atomic E-state index is 6.11. The molecule has 0 saturated heterocycles. The molecule has 0 fully saturated rings. The van der Waals surface area contributed by atoms with Gasteiger partial charge in [-0.2, -0.15) is 0 Å². The topological polar surface area (TPSA) is 45.7 Å². The Morgan fingerprint density at radius 3 is 2.73 bits per heavy atom. The molecule has 1 heterocycles. The van der Waals surface area contributed by atoms with E-state index in [1.54, 1.807) is 0 Å². The van der Waals surface area contributed by atoms with E-state index in [0.717, 1.165) is 41.7 Å². The standard InChI is InChI=1S/C18H23N3O/c1-5-19-13-9-17-15(7-11(13)3)21-16-8-12(4)14(20-6-2)10-18(16)22-17/h7-10,13,19-20H,5-6H2,1-4H3. The number of benzene rings is 1. The first kappa shape index (κ1) is 14.9. The van der Waals surface area contributed by atoms with Gasteiger partial charge in [0.05, 0.1) is 6.04 Å². The number of hydrogen-bond donors (Lipinski definition) is 2. The third kappa shape index (κ3) is 2.66. The van der Waals surface area contributed by atoms with Gasteiger partial charge in [-0.25, -0.2) is 4.99 Å². The number of aliphatic imine (C=N–C) groups is 1. The molecule has 116 valence electrons. The van der Waals surface area contributed by atoms with Crippen molar-refractivity contribution in [3.8, 4) is 5.75 Å². The Kier molecular flexibility index (Phi) is 4.03. The fourth-order valence-corrected chi connectivity index (χ4v) is 2.83. The van der Waals surface area contributed by atoms with Crippen molar-refractivity contribution in [3.05, 3.63) is 41.2 Å². The molecule has 1 atom stereocenters. The minimum atomic E-state index is 0.221. The van der Waals surface area contributed by atoms with E-state index < -0.39 is 0 Å². The van der Waals surface area contributed by atoms with Gasteiger partial charge < -0.3 is 15.4 Å². The lowest BCUT2D eigenvalue weighted by Gasteiger charge is -2.26. The van der Waals surface area contributed by atoms with Crippen LogP contribution >= 0.6 is 0 Å². The van der Waals surface area contributed by atoms with E-state index in [1.807, 2.05) is 6.07 Å². The lowest BCUT2D eigenvalue weighted by molar-refractivity contribution is 0.443. The van der Waals surface area contributed by atoms with Crippen LogP contribution in [0.2, 0.25) is 0 Å². The van der Waals surface area contributed by atoms with Crippen LogP contribution in [-0.4, -0.2) is 24.8 Å². The number of rotatable bonds is 4. The van der Waals surface area contributed by atoms with E-state index >= 15 is 0 Å². The Hall–Kier alpha value is -2.07. The molecule has 0 spiro atoms. The van der Waals surface area contributed by atoms with Crippen molar-refractivity contribution in [2.75, 3.05) is 18.4 Å². The van der Waals surface area contributed by atoms with E-state index in [2.05, 4.69) is 56.5 Å². The SMILES string of the molecule is CCNc1cc2c(cc1C)N=C1C=C(C)C(NCC)C=C1O2. The summed E-state index contributed by atoms with van der Waals surface area (Å²) >= 11 is 0. The lowest BCUT2D eigenvalue weighted by atomic mass is 9.98. The average molecular weight is 297 g/mol. The van der Waals surface area contributed by atoms with Crippen LogP contribution in [0.5, 0.6) is 5.75 Å². The molecule has 1 aromatic carbocycles. The Morgan fingerprint density at radius 1 is 1.18 bits per heavy atom. The first-order chi connectivity index (χ1) is 10.6. The molecule has 1 aromatic rings. The maximum atomic E-state index is 6.11. The van der Waals surface area contributed by atoms with Gasteiger partial charge in [0.15, 0.2) is 11.5 Å². The number of fused-ring (bicyclic) bond motifs is 2. The summed E-state index contributed by atoms with van der Waals surface area (Å²) in [7, 11) is 0. The van der Waals surface area contributed by atoms with Gasteiger partial charge in [-0.15, -0.1) is 0 Å². The molecule has 4 heteroatoms. The molecule has 0 saturated carbocycles. The van der Waals surface area contributed by atoms with E-state index in [0.29, 0.717) is 0 Å². The summed E-state index contributed by atoms with van der Waals surface area (Å²) in [6.45, 7) is 10.2. The van der Waals surface area contributed by atoms with Gasteiger partial charge in [0.2, 0.25) is 0 Å². The van der Waals surface area contributed by atoms with Crippen molar-refractivity contribution in [2.45, 2.75) is 33.7 Å². The largest absolute Gasteiger partial charge is 0.453 e. The van der Waals surface area contributed by atoms with Crippen LogP contribution in [0.3, 0.4) is 0 Å². The first-order valence-corrected chi connectivity index (χ1v) is 7.91. The lowest BCUT2D eigenvalue weighted by Crippen LogP contribution is -2.32. The van der Waals surface area contributed by atoms with Crippen LogP contribution in [0.15, 0.2) is 40.6 Å². The number of ether oxygens (including phenoxy) is 1. The number of anilines is 1. The average Bonchev–Trinajstić information content (AvgIpc) is 2.48. The molecule has 0 aromatic heterocycles. The number of nitrogens with zero attached hydrogens (tertiary/aromatic N) is 1. The molecule has 3 rings (SSSR count). The van der Waals surface area contributed by atoms with E-state index in [4.69, 9.17) is 9.73 Å². The van der Waals surface area contributed by atoms with Crippen LogP contribution in [0.25, 0.3) is 0 Å². The zero-order chi connectivity index (χ0) is 15.7. The van der Waals surface area contributed by atoms with Crippen LogP contribution in [-0.2, 0) is 0 Å². The van der Waals surface area contributed by atoms with Crippen LogP contribution in [0, 0.1) is 6.92 Å². The number of aryl methyl sites for hydroxylation is 1. The zero-order valence-corrected chi connectivity index (χ0v) is 13.7. The van der Waals surface area contributed by atoms with Crippen LogP contribution in [0.4, 0.5) is 11.4 Å². The summed E-state index contributed by atoms with van der Waals surface area (Å²) in [6, 6.07) is 4.35. The Bertz CT molecular complexity index is 686. The van der Waals surface area contributed by atoms with Crippen molar-refractivity contribution in [1.29, 1.82) is 0 Å². The highest BCUT2D eigenvalue weighted by atomic mass is 16.5. The third-order valence-electron chi connectivity index (χ3n) is 3.98. The monoisotopic (exact) mass is 297 g/mol. The number of likely N-dealkylation sites (N-methyl/N-ethyl adjacent to an activating group) is 1. The summed E-state index contributed by atoms with van der Waals surface area (Å²) in [5, 5.41) is 6.80. The quantitative estimate of drug-likeness (QED) is 0.890. The van der Waals surface area contributed by atoms with Crippen molar-refractivity contribution in [3.63, 3.8) is 0 Å². The van der Waals surface area contributed by atoms with Crippen LogP contribution in [0.1, 0.15) is 26.3 Å². The van der Waals surface area contributed by atoms with Crippen molar-refractivity contribution in [1.82, 2.24) is 5.32 Å². The van der Waals surface area contributed by atoms with Gasteiger partial charge in [0.1, 0.15) is 11.4 Å². The zero-order valence-electron chi connectivity index (χ0n) is 13.7. The molecule has 1 unspecified atom stereocenters. The Morgan fingerprint density at radius 2 is 2.00 bits per heavy atom. The molecular weight excluding hydrogens is 274 g/mol. The number of nitrogens with one attached hydrogen (secondary N) is 2. The molecule has 2 N–H and O–H groups in total. The first-order valence-electron chi connectivity index (χ1n) is 7.91. The van der Waals surface area contributed by atoms with E-state index in [9.17, 15) is 0 Å². The second kappa shape index (κ2) is 5.97. The summed E-state index contributed by atoms with van der Waals surface area (Å²) < 4.78 is 6.11. The maximum Gasteiger partial charge on any atom is 0.155 e. The van der Waals surface area contributed by atoms with Gasteiger partial charge in [-0.3, -0.25) is 0 Å². The summed E-state index contributed by atoms with van der Waals surface area (Å²) in [6.07, 6.45) is 4.23. The highest BCUT2D eigenvalue weighted by Crippen LogP contribution is 2.39. The Labute approximate surface area is 132 Å². The molecule has 1 aliphatic carbocycles. The molecule has 4 nitrogen and oxygen atoms in total. The number of hydrogen-bond acceptors (Lipinski definition) is 4. The van der Waals surface area contributed by atoms with Crippen LogP contribution < -0.4 is 15.4 Å². The Balaban J connectivity index is 1.99. The summed E-state index contributed by atoms with van der Waals surface area (Å²) in [4.78, 5) is 4.77. The van der Waals surface area contributed by atoms with Gasteiger partial charge in [-0.1, -0.05) is 12.5 Å². The molecule has 2 aliphatic rings. The second-order valence-electron chi connectivity index (χ2n) is 5.72. The highest BCUT2D eigenvalue weighted by Gasteiger charge is 2.24. The van der Waals surface area contributed by atoms with Gasteiger partial charge in [0.25, 0.3) is 0 Å². The highest BCUT2D eigenvalue weighted by molar-refractivity contribution is 6.11. The van der Waals surface area contributed by atoms with Gasteiger partial charge in [0, 0.05) is 18.3 Å². The smallest absolute Gasteiger partial charge is 0.155 e. The third-order valence-corrected chi connectivity index (χ3v) is 3.98. The number of allylic oxidation sites excluding steroid dienone is 1. The van der Waals surface area contributed by atoms with Crippen molar-refractivity contribution >= 4 is 17.1 Å². The molecule has 0 amide bonds. The predicted molar refractivity (Wildman–Crippen MR) is 92.4 cm³/mol. The second-order valence-corrected chi connectivity index (χ2v) is 5.72. The fraction of sp³-hybridized carbons (Fsp3) is 0.389. The summed E-state index contributed by atoms with van der Waals surface area (Å²) in [5.41, 5.74) is 5.36. The van der Waals surface area contributed by atoms with E-state index in [-0.39, 0.29) is 6.04 Å². The normalized spacial score (nSPS) is 19.3. The fourth-order valence-electron chi connectivity index (χ4n) is 2.83. The molecular formula is C18H23N3O. The van der Waals surface area contributed by atoms with E-state index in [1.165, 1.54) is 11.1 Å². The minimum absolute atomic E-state index is 0.221. The molecule has 1 aliphatic heterocycles. The molecule has 0 bridgehead atoms. The molecule has 0 radical (unpaired) electrons. The van der Waals surface area contributed by atoms with Gasteiger partial charge in [-0.05, 0) is 51.1 Å². The summed E-state index contributed by atoms with van der Waals surface area (Å²) in [5.74, 6) is 1.66. The minimum Gasteiger partial charge on any atom is -0.453 e. The molecule has 22 heavy (non-hydrogen) atoms. The van der Waals surface area contributed by atoms with Crippen molar-refractivity contribution < 1.29 is 4.74 Å². The predicted octanol–water partition coefficient (Wildman–Crippen LogP) is 3.71.